The van der Waals surface area contributed by atoms with E-state index in [1.807, 2.05) is 0 Å². The minimum Gasteiger partial charge on any atom is -0.0651 e. The van der Waals surface area contributed by atoms with E-state index in [9.17, 15) is 0 Å². The second-order valence-electron chi connectivity index (χ2n) is 9.38. The molecule has 0 nitrogen and oxygen atoms in total. The molecular weight excluding hydrogens is 264 g/mol. The van der Waals surface area contributed by atoms with E-state index >= 15 is 0 Å². The summed E-state index contributed by atoms with van der Waals surface area (Å²) in [5.74, 6) is 7.97. The van der Waals surface area contributed by atoms with Gasteiger partial charge in [-0.2, -0.15) is 0 Å². The molecule has 0 aromatic heterocycles. The molecule has 2 rings (SSSR count). The monoisotopic (exact) mass is 306 g/mol. The summed E-state index contributed by atoms with van der Waals surface area (Å²) in [6.07, 6.45) is 11.9. The fraction of sp³-hybridized carbons (Fsp3) is 1.00. The third-order valence-electron chi connectivity index (χ3n) is 7.70. The van der Waals surface area contributed by atoms with Crippen molar-refractivity contribution >= 4 is 0 Å². The first-order valence-corrected chi connectivity index (χ1v) is 10.4. The van der Waals surface area contributed by atoms with Crippen LogP contribution >= 0.6 is 0 Å². The van der Waals surface area contributed by atoms with Gasteiger partial charge in [-0.05, 0) is 79.4 Å². The lowest BCUT2D eigenvalue weighted by Crippen LogP contribution is -2.25. The lowest BCUT2D eigenvalue weighted by atomic mass is 9.69. The molecule has 0 bridgehead atoms. The van der Waals surface area contributed by atoms with Gasteiger partial charge in [0.25, 0.3) is 0 Å². The average Bonchev–Trinajstić information content (AvgIpc) is 3.26. The van der Waals surface area contributed by atoms with Gasteiger partial charge >= 0.3 is 0 Å². The summed E-state index contributed by atoms with van der Waals surface area (Å²) in [5.41, 5.74) is 0. The Kier molecular flexibility index (Phi) is 6.84. The zero-order valence-electron chi connectivity index (χ0n) is 16.3. The quantitative estimate of drug-likeness (QED) is 0.401. The largest absolute Gasteiger partial charge is 0.0651 e. The summed E-state index contributed by atoms with van der Waals surface area (Å²) in [5, 5.41) is 0. The summed E-state index contributed by atoms with van der Waals surface area (Å²) in [6, 6.07) is 0. The van der Waals surface area contributed by atoms with Crippen molar-refractivity contribution in [2.75, 3.05) is 0 Å². The Hall–Kier alpha value is 0. The topological polar surface area (TPSA) is 0 Å². The van der Waals surface area contributed by atoms with Gasteiger partial charge in [-0.1, -0.05) is 60.8 Å². The molecule has 0 aromatic rings. The molecule has 22 heavy (non-hydrogen) atoms. The fourth-order valence-electron chi connectivity index (χ4n) is 5.06. The number of hydrogen-bond donors (Lipinski definition) is 0. The van der Waals surface area contributed by atoms with Crippen LogP contribution in [0.25, 0.3) is 0 Å². The maximum atomic E-state index is 2.55. The molecule has 7 unspecified atom stereocenters. The summed E-state index contributed by atoms with van der Waals surface area (Å²) < 4.78 is 0. The van der Waals surface area contributed by atoms with Crippen molar-refractivity contribution in [2.24, 2.45) is 47.3 Å². The van der Waals surface area contributed by atoms with Gasteiger partial charge in [0.05, 0.1) is 0 Å². The molecule has 2 aliphatic rings. The van der Waals surface area contributed by atoms with E-state index in [2.05, 4.69) is 41.5 Å². The highest BCUT2D eigenvalue weighted by molar-refractivity contribution is 4.88. The Balaban J connectivity index is 1.67. The van der Waals surface area contributed by atoms with Gasteiger partial charge in [0.2, 0.25) is 0 Å². The summed E-state index contributed by atoms with van der Waals surface area (Å²) >= 11 is 0. The molecule has 0 spiro atoms. The predicted octanol–water partition coefficient (Wildman–Crippen LogP) is 7.18. The molecule has 2 saturated carbocycles. The van der Waals surface area contributed by atoms with E-state index < -0.39 is 0 Å². The van der Waals surface area contributed by atoms with Crippen LogP contribution < -0.4 is 0 Å². The summed E-state index contributed by atoms with van der Waals surface area (Å²) in [7, 11) is 0. The lowest BCUT2D eigenvalue weighted by Gasteiger charge is -2.36. The molecule has 0 N–H and O–H groups in total. The van der Waals surface area contributed by atoms with E-state index in [0.29, 0.717) is 0 Å². The van der Waals surface area contributed by atoms with Crippen LogP contribution in [0.4, 0.5) is 0 Å². The van der Waals surface area contributed by atoms with Gasteiger partial charge in [-0.3, -0.25) is 0 Å². The third kappa shape index (κ3) is 4.75. The highest BCUT2D eigenvalue weighted by atomic mass is 14.4. The van der Waals surface area contributed by atoms with Gasteiger partial charge in [-0.15, -0.1) is 0 Å². The van der Waals surface area contributed by atoms with Crippen LogP contribution in [0.3, 0.4) is 0 Å². The van der Waals surface area contributed by atoms with Crippen LogP contribution in [0.2, 0.25) is 0 Å². The lowest BCUT2D eigenvalue weighted by molar-refractivity contribution is 0.148. The zero-order chi connectivity index (χ0) is 16.3. The van der Waals surface area contributed by atoms with Gasteiger partial charge in [-0.25, -0.2) is 0 Å². The molecule has 7 atom stereocenters. The maximum absolute atomic E-state index is 2.55. The van der Waals surface area contributed by atoms with Crippen molar-refractivity contribution in [2.45, 2.75) is 92.9 Å². The SMILES string of the molecule is CCC(CCC1CCC1C)C(C)C(C)CCC1CC1C(C)C. The smallest absolute Gasteiger partial charge is 0.0360 e. The van der Waals surface area contributed by atoms with E-state index in [0.717, 1.165) is 47.3 Å². The second kappa shape index (κ2) is 8.20. The number of hydrogen-bond acceptors (Lipinski definition) is 0. The Bertz CT molecular complexity index is 318. The van der Waals surface area contributed by atoms with Crippen molar-refractivity contribution < 1.29 is 0 Å². The first-order valence-electron chi connectivity index (χ1n) is 10.4. The third-order valence-corrected chi connectivity index (χ3v) is 7.70. The highest BCUT2D eigenvalue weighted by Gasteiger charge is 2.39. The standard InChI is InChI=1S/C22H42/c1-7-19(12-13-20-10-9-17(20)5)18(6)16(4)8-11-21-14-22(21)15(2)3/h15-22H,7-14H2,1-6H3. The van der Waals surface area contributed by atoms with Crippen molar-refractivity contribution in [3.8, 4) is 0 Å². The summed E-state index contributed by atoms with van der Waals surface area (Å²) in [6.45, 7) is 14.8. The van der Waals surface area contributed by atoms with Crippen LogP contribution in [-0.2, 0) is 0 Å². The molecule has 0 heteroatoms. The molecule has 0 aliphatic heterocycles. The molecule has 0 heterocycles. The summed E-state index contributed by atoms with van der Waals surface area (Å²) in [4.78, 5) is 0. The second-order valence-corrected chi connectivity index (χ2v) is 9.38. The first kappa shape index (κ1) is 18.3. The van der Waals surface area contributed by atoms with Crippen molar-refractivity contribution in [1.82, 2.24) is 0 Å². The van der Waals surface area contributed by atoms with Crippen molar-refractivity contribution in [3.63, 3.8) is 0 Å². The van der Waals surface area contributed by atoms with Gasteiger partial charge < -0.3 is 0 Å². The van der Waals surface area contributed by atoms with E-state index in [-0.39, 0.29) is 0 Å². The molecule has 0 aromatic carbocycles. The molecule has 0 saturated heterocycles. The average molecular weight is 307 g/mol. The Morgan fingerprint density at radius 3 is 2.05 bits per heavy atom. The van der Waals surface area contributed by atoms with E-state index in [1.54, 1.807) is 0 Å². The molecule has 2 aliphatic carbocycles. The van der Waals surface area contributed by atoms with Crippen LogP contribution in [0.15, 0.2) is 0 Å². The minimum atomic E-state index is 0.922. The maximum Gasteiger partial charge on any atom is -0.0360 e. The first-order chi connectivity index (χ1) is 10.4. The zero-order valence-corrected chi connectivity index (χ0v) is 16.3. The normalized spacial score (nSPS) is 35.0. The predicted molar refractivity (Wildman–Crippen MR) is 98.9 cm³/mol. The van der Waals surface area contributed by atoms with Gasteiger partial charge in [0.15, 0.2) is 0 Å². The van der Waals surface area contributed by atoms with Crippen LogP contribution in [0, 0.1) is 47.3 Å². The van der Waals surface area contributed by atoms with E-state index in [4.69, 9.17) is 0 Å². The van der Waals surface area contributed by atoms with Crippen molar-refractivity contribution in [1.29, 1.82) is 0 Å². The van der Waals surface area contributed by atoms with Gasteiger partial charge in [0, 0.05) is 0 Å². The van der Waals surface area contributed by atoms with E-state index in [1.165, 1.54) is 51.4 Å². The van der Waals surface area contributed by atoms with Crippen molar-refractivity contribution in [3.05, 3.63) is 0 Å². The van der Waals surface area contributed by atoms with Crippen LogP contribution in [-0.4, -0.2) is 0 Å². The highest BCUT2D eigenvalue weighted by Crippen LogP contribution is 2.48. The number of rotatable bonds is 10. The van der Waals surface area contributed by atoms with Crippen LogP contribution in [0.1, 0.15) is 92.9 Å². The minimum absolute atomic E-state index is 0.922. The van der Waals surface area contributed by atoms with Crippen LogP contribution in [0.5, 0.6) is 0 Å². The Labute approximate surface area is 140 Å². The Morgan fingerprint density at radius 2 is 1.59 bits per heavy atom. The molecule has 0 radical (unpaired) electrons. The Morgan fingerprint density at radius 1 is 0.909 bits per heavy atom. The molecular formula is C22H42. The fourth-order valence-corrected chi connectivity index (χ4v) is 5.06. The molecule has 0 amide bonds. The van der Waals surface area contributed by atoms with Gasteiger partial charge in [0.1, 0.15) is 0 Å². The molecule has 2 fully saturated rings. The molecule has 130 valence electrons.